The molecule has 2 atom stereocenters. The zero-order chi connectivity index (χ0) is 14.0. The van der Waals surface area contributed by atoms with Crippen LogP contribution in [0.3, 0.4) is 0 Å². The Morgan fingerprint density at radius 2 is 2.21 bits per heavy atom. The molecular weight excluding hydrogens is 288 g/mol. The second-order valence-electron chi connectivity index (χ2n) is 4.81. The van der Waals surface area contributed by atoms with E-state index in [0.29, 0.717) is 18.6 Å². The number of rotatable bonds is 4. The molecule has 1 aliphatic rings. The molecule has 1 N–H and O–H groups in total. The molecule has 2 rings (SSSR count). The summed E-state index contributed by atoms with van der Waals surface area (Å²) in [4.78, 5) is 11.0. The van der Waals surface area contributed by atoms with Crippen LogP contribution in [0.2, 0.25) is 0 Å². The number of carboxylic acid groups (broad SMARTS) is 1. The lowest BCUT2D eigenvalue weighted by Gasteiger charge is -2.28. The zero-order valence-corrected chi connectivity index (χ0v) is 12.2. The van der Waals surface area contributed by atoms with Crippen LogP contribution >= 0.6 is 11.3 Å². The van der Waals surface area contributed by atoms with Crippen molar-refractivity contribution in [2.24, 2.45) is 0 Å². The number of thiophene rings is 1. The van der Waals surface area contributed by atoms with E-state index in [9.17, 15) is 13.2 Å². The molecule has 1 aliphatic carbocycles. The molecule has 0 bridgehead atoms. The van der Waals surface area contributed by atoms with Crippen molar-refractivity contribution in [2.45, 2.75) is 37.0 Å². The Balaban J connectivity index is 2.00. The monoisotopic (exact) mass is 304 g/mol. The predicted molar refractivity (Wildman–Crippen MR) is 72.8 cm³/mol. The molecule has 2 unspecified atom stereocenters. The second-order valence-corrected chi connectivity index (χ2v) is 8.05. The van der Waals surface area contributed by atoms with Crippen molar-refractivity contribution in [1.82, 2.24) is 0 Å². The Hall–Kier alpha value is -1.08. The molecule has 106 valence electrons. The van der Waals surface area contributed by atoms with Crippen molar-refractivity contribution >= 4 is 27.1 Å². The number of hydrogen-bond acceptors (Lipinski definition) is 5. The third-order valence-electron chi connectivity index (χ3n) is 3.27. The molecule has 0 saturated heterocycles. The fraction of sp³-hybridized carbons (Fsp3) is 0.583. The zero-order valence-electron chi connectivity index (χ0n) is 10.5. The third-order valence-corrected chi connectivity index (χ3v) is 5.81. The van der Waals surface area contributed by atoms with Crippen LogP contribution in [0.5, 0.6) is 5.75 Å². The Morgan fingerprint density at radius 1 is 1.47 bits per heavy atom. The van der Waals surface area contributed by atoms with Gasteiger partial charge >= 0.3 is 5.97 Å². The van der Waals surface area contributed by atoms with Crippen LogP contribution in [0.15, 0.2) is 11.4 Å². The van der Waals surface area contributed by atoms with E-state index < -0.39 is 15.8 Å². The van der Waals surface area contributed by atoms with E-state index in [2.05, 4.69) is 0 Å². The fourth-order valence-corrected chi connectivity index (χ4v) is 4.09. The minimum Gasteiger partial charge on any atom is -0.489 e. The summed E-state index contributed by atoms with van der Waals surface area (Å²) in [6.45, 7) is 0. The molecule has 0 radical (unpaired) electrons. The van der Waals surface area contributed by atoms with E-state index in [1.54, 1.807) is 5.38 Å². The van der Waals surface area contributed by atoms with Crippen molar-refractivity contribution in [3.05, 3.63) is 16.3 Å². The molecule has 0 aliphatic heterocycles. The first-order chi connectivity index (χ1) is 8.86. The quantitative estimate of drug-likeness (QED) is 0.922. The van der Waals surface area contributed by atoms with Gasteiger partial charge in [-0.05, 0) is 19.3 Å². The molecule has 1 heterocycles. The van der Waals surface area contributed by atoms with Gasteiger partial charge in [0.2, 0.25) is 0 Å². The van der Waals surface area contributed by atoms with Crippen LogP contribution in [0, 0.1) is 0 Å². The normalized spacial score (nSPS) is 24.1. The highest BCUT2D eigenvalue weighted by atomic mass is 32.2. The third kappa shape index (κ3) is 3.70. The van der Waals surface area contributed by atoms with Gasteiger partial charge in [0, 0.05) is 24.1 Å². The SMILES string of the molecule is CS(=O)(=O)C1CCCC(Oc2csc(C(=O)O)c2)C1. The van der Waals surface area contributed by atoms with Crippen LogP contribution in [-0.2, 0) is 9.84 Å². The first-order valence-electron chi connectivity index (χ1n) is 6.03. The van der Waals surface area contributed by atoms with Gasteiger partial charge in [-0.3, -0.25) is 0 Å². The number of hydrogen-bond donors (Lipinski definition) is 1. The molecule has 1 aromatic rings. The number of sulfone groups is 1. The maximum atomic E-state index is 11.5. The standard InChI is InChI=1S/C12H16O5S2/c1-19(15,16)10-4-2-3-8(5-10)17-9-6-11(12(13)14)18-7-9/h6-8,10H,2-5H2,1H3,(H,13,14). The van der Waals surface area contributed by atoms with E-state index in [-0.39, 0.29) is 16.2 Å². The number of carboxylic acids is 1. The van der Waals surface area contributed by atoms with Gasteiger partial charge in [-0.2, -0.15) is 0 Å². The second kappa shape index (κ2) is 5.50. The number of aromatic carboxylic acids is 1. The molecule has 1 fully saturated rings. The minimum atomic E-state index is -3.03. The summed E-state index contributed by atoms with van der Waals surface area (Å²) in [5.41, 5.74) is 0. The average molecular weight is 304 g/mol. The Labute approximate surface area is 116 Å². The largest absolute Gasteiger partial charge is 0.489 e. The molecule has 0 spiro atoms. The Morgan fingerprint density at radius 3 is 2.79 bits per heavy atom. The lowest BCUT2D eigenvalue weighted by Crippen LogP contribution is -2.33. The molecule has 1 saturated carbocycles. The van der Waals surface area contributed by atoms with E-state index in [0.717, 1.165) is 24.2 Å². The van der Waals surface area contributed by atoms with Gasteiger partial charge in [-0.25, -0.2) is 13.2 Å². The van der Waals surface area contributed by atoms with Crippen molar-refractivity contribution < 1.29 is 23.1 Å². The van der Waals surface area contributed by atoms with Crippen LogP contribution in [0.1, 0.15) is 35.4 Å². The minimum absolute atomic E-state index is 0.148. The van der Waals surface area contributed by atoms with Gasteiger partial charge in [0.15, 0.2) is 0 Å². The number of ether oxygens (including phenoxy) is 1. The summed E-state index contributed by atoms with van der Waals surface area (Å²) in [7, 11) is -3.03. The summed E-state index contributed by atoms with van der Waals surface area (Å²) in [5, 5.41) is 10.1. The molecule has 19 heavy (non-hydrogen) atoms. The van der Waals surface area contributed by atoms with Gasteiger partial charge in [-0.15, -0.1) is 11.3 Å². The molecule has 1 aromatic heterocycles. The predicted octanol–water partition coefficient (Wildman–Crippen LogP) is 2.18. The van der Waals surface area contributed by atoms with Crippen molar-refractivity contribution in [1.29, 1.82) is 0 Å². The van der Waals surface area contributed by atoms with Crippen LogP contribution in [0.25, 0.3) is 0 Å². The molecule has 5 nitrogen and oxygen atoms in total. The highest BCUT2D eigenvalue weighted by molar-refractivity contribution is 7.91. The lowest BCUT2D eigenvalue weighted by molar-refractivity contribution is 0.0701. The summed E-state index contributed by atoms with van der Waals surface area (Å²) >= 11 is 1.11. The van der Waals surface area contributed by atoms with Gasteiger partial charge < -0.3 is 9.84 Å². The van der Waals surface area contributed by atoms with E-state index in [1.807, 2.05) is 0 Å². The molecular formula is C12H16O5S2. The van der Waals surface area contributed by atoms with Crippen molar-refractivity contribution in [3.63, 3.8) is 0 Å². The van der Waals surface area contributed by atoms with Gasteiger partial charge in [0.1, 0.15) is 20.5 Å². The van der Waals surface area contributed by atoms with E-state index in [1.165, 1.54) is 12.3 Å². The van der Waals surface area contributed by atoms with Gasteiger partial charge in [0.25, 0.3) is 0 Å². The van der Waals surface area contributed by atoms with Crippen molar-refractivity contribution in [3.8, 4) is 5.75 Å². The van der Waals surface area contributed by atoms with E-state index >= 15 is 0 Å². The van der Waals surface area contributed by atoms with Crippen LogP contribution in [0.4, 0.5) is 0 Å². The van der Waals surface area contributed by atoms with Crippen molar-refractivity contribution in [2.75, 3.05) is 6.26 Å². The fourth-order valence-electron chi connectivity index (χ4n) is 2.28. The van der Waals surface area contributed by atoms with Gasteiger partial charge in [-0.1, -0.05) is 0 Å². The van der Waals surface area contributed by atoms with Gasteiger partial charge in [0.05, 0.1) is 11.4 Å². The maximum absolute atomic E-state index is 11.5. The first kappa shape index (κ1) is 14.3. The Kier molecular flexibility index (Phi) is 4.15. The number of carbonyl (C=O) groups is 1. The molecule has 0 aromatic carbocycles. The summed E-state index contributed by atoms with van der Waals surface area (Å²) < 4.78 is 28.8. The first-order valence-corrected chi connectivity index (χ1v) is 8.87. The Bertz CT molecular complexity index is 560. The highest BCUT2D eigenvalue weighted by Crippen LogP contribution is 2.29. The van der Waals surface area contributed by atoms with Crippen LogP contribution in [-0.4, -0.2) is 37.1 Å². The molecule has 7 heteroatoms. The smallest absolute Gasteiger partial charge is 0.346 e. The topological polar surface area (TPSA) is 80.7 Å². The summed E-state index contributed by atoms with van der Waals surface area (Å²) in [6, 6.07) is 1.48. The average Bonchev–Trinajstić information content (AvgIpc) is 2.77. The maximum Gasteiger partial charge on any atom is 0.346 e. The van der Waals surface area contributed by atoms with E-state index in [4.69, 9.17) is 9.84 Å². The molecule has 0 amide bonds. The summed E-state index contributed by atoms with van der Waals surface area (Å²) in [6.07, 6.45) is 3.90. The van der Waals surface area contributed by atoms with Crippen LogP contribution < -0.4 is 4.74 Å². The highest BCUT2D eigenvalue weighted by Gasteiger charge is 2.30. The lowest BCUT2D eigenvalue weighted by atomic mass is 9.97. The summed E-state index contributed by atoms with van der Waals surface area (Å²) in [5.74, 6) is -0.459.